The first-order valence-corrected chi connectivity index (χ1v) is 6.83. The Hall–Kier alpha value is -1.06. The van der Waals surface area contributed by atoms with Gasteiger partial charge in [0.1, 0.15) is 12.4 Å². The third-order valence-corrected chi connectivity index (χ3v) is 3.44. The maximum Gasteiger partial charge on any atom is 0.119 e. The highest BCUT2D eigenvalue weighted by atomic mass is 16.5. The highest BCUT2D eigenvalue weighted by Gasteiger charge is 2.19. The lowest BCUT2D eigenvalue weighted by Crippen LogP contribution is -2.24. The number of hydrogen-bond acceptors (Lipinski definition) is 3. The van der Waals surface area contributed by atoms with Gasteiger partial charge in [0.05, 0.1) is 6.61 Å². The van der Waals surface area contributed by atoms with E-state index in [0.29, 0.717) is 19.3 Å². The van der Waals surface area contributed by atoms with Gasteiger partial charge in [-0.2, -0.15) is 0 Å². The largest absolute Gasteiger partial charge is 0.491 e. The molecule has 0 spiro atoms. The van der Waals surface area contributed by atoms with E-state index in [1.165, 1.54) is 30.4 Å². The van der Waals surface area contributed by atoms with Crippen molar-refractivity contribution >= 4 is 0 Å². The Kier molecular flexibility index (Phi) is 5.02. The van der Waals surface area contributed by atoms with Gasteiger partial charge in [0.2, 0.25) is 0 Å². The van der Waals surface area contributed by atoms with Crippen molar-refractivity contribution in [2.24, 2.45) is 0 Å². The molecule has 1 aromatic carbocycles. The Morgan fingerprint density at radius 2 is 2.22 bits per heavy atom. The molecule has 0 saturated carbocycles. The number of benzene rings is 1. The molecule has 1 atom stereocenters. The summed E-state index contributed by atoms with van der Waals surface area (Å²) < 4.78 is 10.7. The molecular weight excluding hydrogens is 226 g/mol. The van der Waals surface area contributed by atoms with E-state index in [-0.39, 0.29) is 0 Å². The van der Waals surface area contributed by atoms with Crippen molar-refractivity contribution in [1.82, 2.24) is 5.32 Å². The van der Waals surface area contributed by atoms with Gasteiger partial charge in [-0.3, -0.25) is 0 Å². The van der Waals surface area contributed by atoms with Crippen LogP contribution in [-0.2, 0) is 11.2 Å². The Morgan fingerprint density at radius 1 is 1.33 bits per heavy atom. The van der Waals surface area contributed by atoms with Crippen molar-refractivity contribution in [1.29, 1.82) is 0 Å². The summed E-state index contributed by atoms with van der Waals surface area (Å²) in [6.07, 6.45) is 3.66. The molecule has 0 aromatic heterocycles. The first kappa shape index (κ1) is 13.4. The van der Waals surface area contributed by atoms with Crippen LogP contribution in [0, 0.1) is 0 Å². The van der Waals surface area contributed by atoms with Crippen molar-refractivity contribution in [2.45, 2.75) is 32.2 Å². The van der Waals surface area contributed by atoms with E-state index in [9.17, 15) is 0 Å². The van der Waals surface area contributed by atoms with Gasteiger partial charge in [-0.15, -0.1) is 0 Å². The van der Waals surface area contributed by atoms with Crippen LogP contribution in [0.1, 0.15) is 36.9 Å². The second-order valence-electron chi connectivity index (χ2n) is 4.70. The van der Waals surface area contributed by atoms with Crippen molar-refractivity contribution in [3.05, 3.63) is 29.3 Å². The first-order chi connectivity index (χ1) is 8.85. The maximum absolute atomic E-state index is 5.66. The summed E-state index contributed by atoms with van der Waals surface area (Å²) in [5.74, 6) is 0.961. The molecule has 0 amide bonds. The Morgan fingerprint density at radius 3 is 3.00 bits per heavy atom. The van der Waals surface area contributed by atoms with Crippen LogP contribution < -0.4 is 10.1 Å². The zero-order valence-corrected chi connectivity index (χ0v) is 11.4. The fraction of sp³-hybridized carbons (Fsp3) is 0.600. The molecule has 3 heteroatoms. The molecule has 18 heavy (non-hydrogen) atoms. The average molecular weight is 249 g/mol. The van der Waals surface area contributed by atoms with Crippen molar-refractivity contribution in [2.75, 3.05) is 26.9 Å². The Labute approximate surface area is 109 Å². The lowest BCUT2D eigenvalue weighted by atomic mass is 9.87. The number of ether oxygens (including phenoxy) is 2. The number of fused-ring (bicyclic) bond motifs is 1. The quantitative estimate of drug-likeness (QED) is 0.786. The monoisotopic (exact) mass is 249 g/mol. The van der Waals surface area contributed by atoms with E-state index >= 15 is 0 Å². The van der Waals surface area contributed by atoms with Crippen LogP contribution in [0.4, 0.5) is 0 Å². The highest BCUT2D eigenvalue weighted by molar-refractivity contribution is 5.39. The van der Waals surface area contributed by atoms with Gasteiger partial charge in [-0.1, -0.05) is 13.0 Å². The molecular formula is C15H23NO2. The topological polar surface area (TPSA) is 30.5 Å². The van der Waals surface area contributed by atoms with Crippen LogP contribution in [0.2, 0.25) is 0 Å². The molecule has 1 aromatic rings. The Bertz CT molecular complexity index is 379. The molecule has 100 valence electrons. The lowest BCUT2D eigenvalue weighted by Gasteiger charge is -2.26. The minimum atomic E-state index is 0.520. The van der Waals surface area contributed by atoms with Crippen molar-refractivity contribution in [3.63, 3.8) is 0 Å². The van der Waals surface area contributed by atoms with E-state index in [4.69, 9.17) is 9.47 Å². The third-order valence-electron chi connectivity index (χ3n) is 3.44. The predicted octanol–water partition coefficient (Wildman–Crippen LogP) is 2.70. The number of aryl methyl sites for hydroxylation is 1. The zero-order valence-electron chi connectivity index (χ0n) is 11.4. The molecule has 1 aliphatic rings. The maximum atomic E-state index is 5.66. The summed E-state index contributed by atoms with van der Waals surface area (Å²) in [6, 6.07) is 6.99. The average Bonchev–Trinajstić information content (AvgIpc) is 2.39. The molecule has 1 N–H and O–H groups in total. The molecule has 1 unspecified atom stereocenters. The van der Waals surface area contributed by atoms with Gasteiger partial charge in [0.15, 0.2) is 0 Å². The molecule has 0 fully saturated rings. The summed E-state index contributed by atoms with van der Waals surface area (Å²) in [5.41, 5.74) is 2.88. The van der Waals surface area contributed by atoms with Gasteiger partial charge in [-0.25, -0.2) is 0 Å². The number of hydrogen-bond donors (Lipinski definition) is 1. The van der Waals surface area contributed by atoms with Crippen molar-refractivity contribution in [3.8, 4) is 5.75 Å². The van der Waals surface area contributed by atoms with Gasteiger partial charge in [0, 0.05) is 13.2 Å². The minimum Gasteiger partial charge on any atom is -0.491 e. The van der Waals surface area contributed by atoms with E-state index in [1.54, 1.807) is 7.11 Å². The molecule has 0 saturated heterocycles. The third kappa shape index (κ3) is 3.24. The summed E-state index contributed by atoms with van der Waals surface area (Å²) in [6.45, 7) is 4.44. The second kappa shape index (κ2) is 6.76. The highest BCUT2D eigenvalue weighted by Crippen LogP contribution is 2.32. The van der Waals surface area contributed by atoms with E-state index in [0.717, 1.165) is 12.3 Å². The van der Waals surface area contributed by atoms with Gasteiger partial charge < -0.3 is 14.8 Å². The van der Waals surface area contributed by atoms with Crippen LogP contribution in [-0.4, -0.2) is 26.9 Å². The fourth-order valence-corrected chi connectivity index (χ4v) is 2.58. The van der Waals surface area contributed by atoms with Crippen molar-refractivity contribution < 1.29 is 9.47 Å². The van der Waals surface area contributed by atoms with Crippen LogP contribution in [0.25, 0.3) is 0 Å². The normalized spacial score (nSPS) is 18.4. The summed E-state index contributed by atoms with van der Waals surface area (Å²) >= 11 is 0. The molecule has 0 radical (unpaired) electrons. The van der Waals surface area contributed by atoms with Gasteiger partial charge >= 0.3 is 0 Å². The summed E-state index contributed by atoms with van der Waals surface area (Å²) in [7, 11) is 1.69. The van der Waals surface area contributed by atoms with Gasteiger partial charge in [0.25, 0.3) is 0 Å². The standard InChI is InChI=1S/C15H23NO2/c1-3-16-15-6-4-5-12-11-13(7-8-14(12)15)18-10-9-17-2/h7-8,11,15-16H,3-6,9-10H2,1-2H3. The molecule has 1 aliphatic carbocycles. The zero-order chi connectivity index (χ0) is 12.8. The van der Waals surface area contributed by atoms with Crippen LogP contribution in [0.3, 0.4) is 0 Å². The minimum absolute atomic E-state index is 0.520. The first-order valence-electron chi connectivity index (χ1n) is 6.83. The van der Waals surface area contributed by atoms with E-state index in [1.807, 2.05) is 0 Å². The smallest absolute Gasteiger partial charge is 0.119 e. The fourth-order valence-electron chi connectivity index (χ4n) is 2.58. The van der Waals surface area contributed by atoms with E-state index < -0.39 is 0 Å². The van der Waals surface area contributed by atoms with E-state index in [2.05, 4.69) is 30.4 Å². The SMILES string of the molecule is CCNC1CCCc2cc(OCCOC)ccc21. The molecule has 2 rings (SSSR count). The number of methoxy groups -OCH3 is 1. The lowest BCUT2D eigenvalue weighted by molar-refractivity contribution is 0.146. The summed E-state index contributed by atoms with van der Waals surface area (Å²) in [5, 5.41) is 3.55. The molecule has 0 bridgehead atoms. The molecule has 3 nitrogen and oxygen atoms in total. The molecule has 0 aliphatic heterocycles. The van der Waals surface area contributed by atoms with Crippen LogP contribution in [0.15, 0.2) is 18.2 Å². The predicted molar refractivity (Wildman–Crippen MR) is 73.2 cm³/mol. The van der Waals surface area contributed by atoms with Gasteiger partial charge in [-0.05, 0) is 49.1 Å². The Balaban J connectivity index is 2.06. The molecule has 0 heterocycles. The second-order valence-corrected chi connectivity index (χ2v) is 4.70. The summed E-state index contributed by atoms with van der Waals surface area (Å²) in [4.78, 5) is 0. The number of rotatable bonds is 6. The van der Waals surface area contributed by atoms with Crippen LogP contribution >= 0.6 is 0 Å². The number of nitrogens with one attached hydrogen (secondary N) is 1. The van der Waals surface area contributed by atoms with Crippen LogP contribution in [0.5, 0.6) is 5.75 Å².